The topological polar surface area (TPSA) is 72.8 Å². The molecule has 1 heterocycles. The Bertz CT molecular complexity index is 586. The number of carboxylic acid groups (broad SMARTS) is 1. The molecule has 0 spiro atoms. The van der Waals surface area contributed by atoms with Gasteiger partial charge in [0, 0.05) is 23.5 Å². The van der Waals surface area contributed by atoms with Gasteiger partial charge in [-0.25, -0.2) is 4.99 Å². The van der Waals surface area contributed by atoms with Crippen LogP contribution in [0.3, 0.4) is 0 Å². The standard InChI is InChI=1S/C12H10Cl2N2O3S/c1-16-10(17)5-9(11(18)19)20-12(16)15-8-3-6(13)2-7(14)4-8/h2-4,9H,5H2,1H3,(H,18,19)/p-1/t9-/m1/s1. The van der Waals surface area contributed by atoms with Crippen molar-refractivity contribution in [1.82, 2.24) is 4.90 Å². The van der Waals surface area contributed by atoms with E-state index < -0.39 is 11.2 Å². The Morgan fingerprint density at radius 1 is 1.40 bits per heavy atom. The van der Waals surface area contributed by atoms with Crippen LogP contribution in [0.5, 0.6) is 0 Å². The Hall–Kier alpha value is -1.24. The van der Waals surface area contributed by atoms with Gasteiger partial charge in [-0.2, -0.15) is 0 Å². The third kappa shape index (κ3) is 3.45. The first kappa shape index (κ1) is 15.2. The second-order valence-corrected chi connectivity index (χ2v) is 6.15. The van der Waals surface area contributed by atoms with Gasteiger partial charge in [-0.15, -0.1) is 0 Å². The van der Waals surface area contributed by atoms with Crippen molar-refractivity contribution < 1.29 is 14.7 Å². The van der Waals surface area contributed by atoms with E-state index in [1.54, 1.807) is 18.2 Å². The van der Waals surface area contributed by atoms with E-state index >= 15 is 0 Å². The van der Waals surface area contributed by atoms with Crippen molar-refractivity contribution >= 4 is 57.7 Å². The van der Waals surface area contributed by atoms with Gasteiger partial charge in [0.15, 0.2) is 5.17 Å². The van der Waals surface area contributed by atoms with Gasteiger partial charge in [0.1, 0.15) is 0 Å². The minimum Gasteiger partial charge on any atom is -0.549 e. The lowest BCUT2D eigenvalue weighted by atomic mass is 10.3. The van der Waals surface area contributed by atoms with Crippen LogP contribution in [0.25, 0.3) is 0 Å². The molecule has 5 nitrogen and oxygen atoms in total. The number of carbonyl (C=O) groups excluding carboxylic acids is 2. The molecule has 106 valence electrons. The lowest BCUT2D eigenvalue weighted by Gasteiger charge is -2.29. The molecule has 1 aromatic rings. The molecule has 8 heteroatoms. The van der Waals surface area contributed by atoms with Gasteiger partial charge in [0.25, 0.3) is 0 Å². The van der Waals surface area contributed by atoms with E-state index in [-0.39, 0.29) is 17.5 Å². The summed E-state index contributed by atoms with van der Waals surface area (Å²) in [6, 6.07) is 4.70. The van der Waals surface area contributed by atoms with Crippen LogP contribution in [0.15, 0.2) is 23.2 Å². The van der Waals surface area contributed by atoms with Gasteiger partial charge in [0.2, 0.25) is 5.91 Å². The summed E-state index contributed by atoms with van der Waals surface area (Å²) >= 11 is 12.7. The van der Waals surface area contributed by atoms with Gasteiger partial charge in [-0.3, -0.25) is 9.69 Å². The van der Waals surface area contributed by atoms with Crippen molar-refractivity contribution in [1.29, 1.82) is 0 Å². The molecule has 0 saturated carbocycles. The van der Waals surface area contributed by atoms with Crippen LogP contribution in [0.4, 0.5) is 5.69 Å². The minimum absolute atomic E-state index is 0.112. The molecule has 0 unspecified atom stereocenters. The number of hydrogen-bond acceptors (Lipinski definition) is 5. The molecule has 0 radical (unpaired) electrons. The number of carboxylic acids is 1. The minimum atomic E-state index is -1.28. The number of halogens is 2. The second kappa shape index (κ2) is 6.03. The molecule has 1 aliphatic heterocycles. The molecule has 0 aromatic heterocycles. The summed E-state index contributed by atoms with van der Waals surface area (Å²) in [6.07, 6.45) is -0.112. The molecule has 20 heavy (non-hydrogen) atoms. The fraction of sp³-hybridized carbons (Fsp3) is 0.250. The Morgan fingerprint density at radius 3 is 2.55 bits per heavy atom. The molecule has 1 saturated heterocycles. The number of carbonyl (C=O) groups is 2. The molecule has 0 N–H and O–H groups in total. The van der Waals surface area contributed by atoms with Crippen LogP contribution < -0.4 is 5.11 Å². The average molecular weight is 332 g/mol. The summed E-state index contributed by atoms with van der Waals surface area (Å²) in [5.41, 5.74) is 0.448. The zero-order valence-corrected chi connectivity index (χ0v) is 12.6. The largest absolute Gasteiger partial charge is 0.549 e. The van der Waals surface area contributed by atoms with E-state index in [0.717, 1.165) is 11.8 Å². The van der Waals surface area contributed by atoms with E-state index in [4.69, 9.17) is 23.2 Å². The summed E-state index contributed by atoms with van der Waals surface area (Å²) < 4.78 is 0. The van der Waals surface area contributed by atoms with E-state index in [9.17, 15) is 14.7 Å². The third-order valence-electron chi connectivity index (χ3n) is 2.60. The van der Waals surface area contributed by atoms with Crippen molar-refractivity contribution in [3.05, 3.63) is 28.2 Å². The van der Waals surface area contributed by atoms with Crippen molar-refractivity contribution in [2.24, 2.45) is 4.99 Å². The summed E-state index contributed by atoms with van der Waals surface area (Å²) in [5.74, 6) is -1.61. The average Bonchev–Trinajstić information content (AvgIpc) is 2.33. The van der Waals surface area contributed by atoms with Crippen molar-refractivity contribution in [3.63, 3.8) is 0 Å². The summed E-state index contributed by atoms with van der Waals surface area (Å²) in [5, 5.41) is 11.1. The van der Waals surface area contributed by atoms with E-state index in [1.165, 1.54) is 11.9 Å². The zero-order valence-electron chi connectivity index (χ0n) is 10.3. The fourth-order valence-electron chi connectivity index (χ4n) is 1.60. The number of amidine groups is 1. The first-order valence-electron chi connectivity index (χ1n) is 5.55. The molecule has 0 bridgehead atoms. The number of aliphatic carboxylic acids is 1. The first-order valence-corrected chi connectivity index (χ1v) is 7.19. The number of aliphatic imine (C=N–C) groups is 1. The highest BCUT2D eigenvalue weighted by atomic mass is 35.5. The number of thioether (sulfide) groups is 1. The number of benzene rings is 1. The Labute approximate surface area is 129 Å². The normalized spacial score (nSPS) is 21.4. The third-order valence-corrected chi connectivity index (χ3v) is 4.26. The molecule has 1 atom stereocenters. The first-order chi connectivity index (χ1) is 9.36. The fourth-order valence-corrected chi connectivity index (χ4v) is 3.11. The molecule has 1 aliphatic rings. The lowest BCUT2D eigenvalue weighted by molar-refractivity contribution is -0.304. The maximum Gasteiger partial charge on any atom is 0.229 e. The number of hydrogen-bond donors (Lipinski definition) is 0. The highest BCUT2D eigenvalue weighted by molar-refractivity contribution is 8.15. The Kier molecular flexibility index (Phi) is 4.57. The molecule has 1 fully saturated rings. The second-order valence-electron chi connectivity index (χ2n) is 4.10. The van der Waals surface area contributed by atoms with Crippen LogP contribution >= 0.6 is 35.0 Å². The molecular weight excluding hydrogens is 323 g/mol. The van der Waals surface area contributed by atoms with Crippen LogP contribution in [0, 0.1) is 0 Å². The number of nitrogens with zero attached hydrogens (tertiary/aromatic N) is 2. The molecule has 2 rings (SSSR count). The summed E-state index contributed by atoms with van der Waals surface area (Å²) in [4.78, 5) is 28.2. The Balaban J connectivity index is 2.35. The molecule has 0 aliphatic carbocycles. The van der Waals surface area contributed by atoms with E-state index in [0.29, 0.717) is 15.7 Å². The number of amides is 1. The number of rotatable bonds is 2. The van der Waals surface area contributed by atoms with Crippen molar-refractivity contribution in [3.8, 4) is 0 Å². The Morgan fingerprint density at radius 2 is 2.00 bits per heavy atom. The predicted molar refractivity (Wildman–Crippen MR) is 77.3 cm³/mol. The van der Waals surface area contributed by atoms with Crippen LogP contribution in [-0.2, 0) is 9.59 Å². The smallest absolute Gasteiger partial charge is 0.229 e. The van der Waals surface area contributed by atoms with Gasteiger partial charge in [-0.1, -0.05) is 35.0 Å². The maximum atomic E-state index is 11.7. The quantitative estimate of drug-likeness (QED) is 0.826. The van der Waals surface area contributed by atoms with Crippen molar-refractivity contribution in [2.45, 2.75) is 11.7 Å². The monoisotopic (exact) mass is 331 g/mol. The summed E-state index contributed by atoms with van der Waals surface area (Å²) in [6.45, 7) is 0. The van der Waals surface area contributed by atoms with Gasteiger partial charge >= 0.3 is 0 Å². The van der Waals surface area contributed by atoms with Crippen molar-refractivity contribution in [2.75, 3.05) is 7.05 Å². The van der Waals surface area contributed by atoms with Crippen LogP contribution in [0.1, 0.15) is 6.42 Å². The highest BCUT2D eigenvalue weighted by Crippen LogP contribution is 2.30. The zero-order chi connectivity index (χ0) is 14.9. The van der Waals surface area contributed by atoms with Gasteiger partial charge in [0.05, 0.1) is 16.9 Å². The molecule has 1 aromatic carbocycles. The van der Waals surface area contributed by atoms with Gasteiger partial charge in [-0.05, 0) is 18.2 Å². The molecule has 1 amide bonds. The molecular formula is C12H9Cl2N2O3S-. The van der Waals surface area contributed by atoms with E-state index in [1.807, 2.05) is 0 Å². The van der Waals surface area contributed by atoms with Gasteiger partial charge < -0.3 is 9.90 Å². The highest BCUT2D eigenvalue weighted by Gasteiger charge is 2.30. The predicted octanol–water partition coefficient (Wildman–Crippen LogP) is 1.69. The SMILES string of the molecule is CN1C(=O)C[C@H](C(=O)[O-])SC1=Nc1cc(Cl)cc(Cl)c1. The van der Waals surface area contributed by atoms with Crippen LogP contribution in [-0.4, -0.2) is 34.2 Å². The van der Waals surface area contributed by atoms with Crippen LogP contribution in [0.2, 0.25) is 10.0 Å². The van der Waals surface area contributed by atoms with E-state index in [2.05, 4.69) is 4.99 Å². The summed E-state index contributed by atoms with van der Waals surface area (Å²) in [7, 11) is 1.53. The maximum absolute atomic E-state index is 11.7. The lowest BCUT2D eigenvalue weighted by Crippen LogP contribution is -2.45.